The molecule has 2 aromatic carbocycles. The molecule has 1 aliphatic heterocycles. The van der Waals surface area contributed by atoms with Crippen LogP contribution in [-0.2, 0) is 57.6 Å². The highest BCUT2D eigenvalue weighted by molar-refractivity contribution is 5.97. The number of primary amides is 1. The average molecular weight is 965 g/mol. The van der Waals surface area contributed by atoms with E-state index in [-0.39, 0.29) is 89.7 Å². The molecule has 3 heterocycles. The Morgan fingerprint density at radius 3 is 2.31 bits per heavy atom. The normalized spacial score (nSPS) is 20.4. The summed E-state index contributed by atoms with van der Waals surface area (Å²) >= 11 is 0. The quantitative estimate of drug-likeness (QED) is 0.0367. The Morgan fingerprint density at radius 2 is 1.59 bits per heavy atom. The number of Topliss-reactive ketones (excluding diaryl/α,β-unsaturated/α-hetero) is 2. The number of aliphatic imine (C=N–C) groups is 1. The Hall–Kier alpha value is -7.38. The van der Waals surface area contributed by atoms with Gasteiger partial charge in [-0.2, -0.15) is 0 Å². The lowest BCUT2D eigenvalue weighted by Crippen LogP contribution is -2.57. The molecule has 5 rings (SSSR count). The van der Waals surface area contributed by atoms with Crippen molar-refractivity contribution in [3.8, 4) is 0 Å². The molecule has 0 saturated carbocycles. The predicted molar refractivity (Wildman–Crippen MR) is 263 cm³/mol. The number of ketones is 2. The van der Waals surface area contributed by atoms with Crippen LogP contribution in [-0.4, -0.2) is 105 Å². The number of hydrogen-bond donors (Lipinski definition) is 10. The summed E-state index contributed by atoms with van der Waals surface area (Å²) in [4.78, 5) is 126. The van der Waals surface area contributed by atoms with Gasteiger partial charge >= 0.3 is 0 Å². The summed E-state index contributed by atoms with van der Waals surface area (Å²) in [5.74, 6) is -7.00. The number of carbonyl (C=O) groups is 8. The zero-order valence-electron chi connectivity index (χ0n) is 39.8. The second kappa shape index (κ2) is 27.6. The fraction of sp³-hybridized carbons (Fsp3) is 0.480. The van der Waals surface area contributed by atoms with E-state index in [2.05, 4.69) is 46.5 Å². The van der Waals surface area contributed by atoms with Crippen molar-refractivity contribution in [2.45, 2.75) is 127 Å². The van der Waals surface area contributed by atoms with Crippen LogP contribution >= 0.6 is 0 Å². The maximum atomic E-state index is 14.6. The fourth-order valence-corrected chi connectivity index (χ4v) is 8.54. The molecule has 4 aromatic rings. The van der Waals surface area contributed by atoms with Gasteiger partial charge in [0.2, 0.25) is 35.4 Å². The van der Waals surface area contributed by atoms with Gasteiger partial charge in [0.25, 0.3) is 0 Å². The summed E-state index contributed by atoms with van der Waals surface area (Å²) in [5.41, 5.74) is 19.8. The van der Waals surface area contributed by atoms with Crippen molar-refractivity contribution in [3.63, 3.8) is 0 Å². The average Bonchev–Trinajstić information content (AvgIpc) is 4.01. The number of unbranched alkanes of at least 4 members (excludes halogenated alkanes) is 3. The number of guanidine groups is 1. The van der Waals surface area contributed by atoms with E-state index in [1.165, 1.54) is 12.5 Å². The Labute approximate surface area is 407 Å². The first-order chi connectivity index (χ1) is 33.7. The lowest BCUT2D eigenvalue weighted by molar-refractivity contribution is -0.135. The van der Waals surface area contributed by atoms with Gasteiger partial charge in [0, 0.05) is 92.4 Å². The summed E-state index contributed by atoms with van der Waals surface area (Å²) in [5, 5.41) is 14.7. The number of rotatable bonds is 19. The molecule has 70 heavy (non-hydrogen) atoms. The second-order valence-corrected chi connectivity index (χ2v) is 17.9. The molecule has 13 N–H and O–H groups in total. The van der Waals surface area contributed by atoms with Gasteiger partial charge in [-0.25, -0.2) is 4.98 Å². The number of imidazole rings is 1. The molecule has 20 heteroatoms. The number of hydrogen-bond acceptors (Lipinski definition) is 10. The van der Waals surface area contributed by atoms with Crippen molar-refractivity contribution in [2.75, 3.05) is 13.1 Å². The minimum Gasteiger partial charge on any atom is -0.370 e. The van der Waals surface area contributed by atoms with Crippen molar-refractivity contribution in [1.29, 1.82) is 0 Å². The molecule has 0 spiro atoms. The molecule has 0 radical (unpaired) electrons. The molecule has 1 fully saturated rings. The summed E-state index contributed by atoms with van der Waals surface area (Å²) in [6, 6.07) is 11.5. The number of nitrogens with two attached hydrogens (primary N) is 3. The number of nitrogens with one attached hydrogen (secondary N) is 7. The SMILES string of the molecule is CCCCCCC(=O)N[C@H]1CCC(=O)NCC[C@@H](C(=O)N[C@@H](Cc2c[nH]c3ccccc23)C(N)=O)CC(=O)[C@H](CCCN=C(N)N)CC(=O)[C@@H](Cc2ccccc2)NC(=O)[C@H](Cc2cnc[nH]2)NC1=O. The number of H-pyrrole nitrogens is 2. The summed E-state index contributed by atoms with van der Waals surface area (Å²) in [7, 11) is 0. The van der Waals surface area contributed by atoms with Crippen LogP contribution in [0.4, 0.5) is 0 Å². The van der Waals surface area contributed by atoms with Crippen LogP contribution in [0.2, 0.25) is 0 Å². The first-order valence-corrected chi connectivity index (χ1v) is 24.1. The number of carbonyl (C=O) groups excluding carboxylic acids is 8. The molecule has 1 saturated heterocycles. The highest BCUT2D eigenvalue weighted by atomic mass is 16.2. The van der Waals surface area contributed by atoms with Gasteiger partial charge in [0.05, 0.1) is 12.4 Å². The number of para-hydroxylation sites is 1. The minimum atomic E-state index is -1.28. The highest BCUT2D eigenvalue weighted by Gasteiger charge is 2.35. The molecular formula is C50H68N12O8. The van der Waals surface area contributed by atoms with Gasteiger partial charge in [-0.3, -0.25) is 43.3 Å². The number of nitrogens with zero attached hydrogens (tertiary/aromatic N) is 2. The maximum Gasteiger partial charge on any atom is 0.243 e. The van der Waals surface area contributed by atoms with Crippen LogP contribution in [0.1, 0.15) is 101 Å². The third-order valence-electron chi connectivity index (χ3n) is 12.5. The highest BCUT2D eigenvalue weighted by Crippen LogP contribution is 2.24. The third-order valence-corrected chi connectivity index (χ3v) is 12.5. The standard InChI is InChI=1S/C50H68N12O8/c1-2-3-4-8-17-45(66)59-38-18-19-44(65)55-22-20-33(47(68)61-40(46(51)67)24-34-28-57-37-16-10-9-15-36(34)37)26-42(63)32(14-11-21-56-50(52)53)25-43(64)39(23-31-12-6-5-7-13-31)60-49(70)41(62-48(38)69)27-35-29-54-30-58-35/h5-7,9-10,12-13,15-16,28-30,32-33,38-41,57H,2-4,8,11,14,17-27H2,1H3,(H2,51,67)(H,54,58)(H,55,65)(H,59,66)(H,60,70)(H,61,68)(H,62,69)(H4,52,53,56)/t32-,33-,38+,39-,40+,41+/m1/s1. The molecule has 6 amide bonds. The Bertz CT molecular complexity index is 2420. The monoisotopic (exact) mass is 965 g/mol. The smallest absolute Gasteiger partial charge is 0.243 e. The van der Waals surface area contributed by atoms with E-state index in [1.807, 2.05) is 31.2 Å². The number of amides is 6. The Kier molecular flexibility index (Phi) is 21.1. The van der Waals surface area contributed by atoms with Crippen molar-refractivity contribution in [1.82, 2.24) is 41.5 Å². The molecule has 6 atom stereocenters. The van der Waals surface area contributed by atoms with Gasteiger partial charge in [-0.05, 0) is 55.7 Å². The lowest BCUT2D eigenvalue weighted by atomic mass is 9.84. The molecule has 376 valence electrons. The number of benzene rings is 2. The Balaban J connectivity index is 1.49. The van der Waals surface area contributed by atoms with Crippen LogP contribution in [0.25, 0.3) is 10.9 Å². The second-order valence-electron chi connectivity index (χ2n) is 17.9. The van der Waals surface area contributed by atoms with Gasteiger partial charge < -0.3 is 53.8 Å². The van der Waals surface area contributed by atoms with Crippen LogP contribution < -0.4 is 43.8 Å². The van der Waals surface area contributed by atoms with Gasteiger partial charge in [-0.1, -0.05) is 74.7 Å². The molecule has 0 unspecified atom stereocenters. The van der Waals surface area contributed by atoms with Crippen molar-refractivity contribution < 1.29 is 38.4 Å². The topological polar surface area (TPSA) is 332 Å². The molecular weight excluding hydrogens is 897 g/mol. The van der Waals surface area contributed by atoms with E-state index in [4.69, 9.17) is 17.2 Å². The summed E-state index contributed by atoms with van der Waals surface area (Å²) in [6.07, 6.45) is 7.33. The van der Waals surface area contributed by atoms with Gasteiger partial charge in [-0.15, -0.1) is 0 Å². The zero-order valence-corrected chi connectivity index (χ0v) is 39.8. The van der Waals surface area contributed by atoms with Crippen LogP contribution in [0.3, 0.4) is 0 Å². The van der Waals surface area contributed by atoms with Crippen molar-refractivity contribution in [3.05, 3.63) is 90.1 Å². The van der Waals surface area contributed by atoms with E-state index in [1.54, 1.807) is 36.5 Å². The maximum absolute atomic E-state index is 14.6. The molecule has 20 nitrogen and oxygen atoms in total. The van der Waals surface area contributed by atoms with E-state index in [0.29, 0.717) is 17.7 Å². The summed E-state index contributed by atoms with van der Waals surface area (Å²) < 4.78 is 0. The number of fused-ring (bicyclic) bond motifs is 1. The number of aromatic nitrogens is 3. The lowest BCUT2D eigenvalue weighted by Gasteiger charge is -2.26. The first kappa shape index (κ1) is 53.6. The first-order valence-electron chi connectivity index (χ1n) is 24.1. The molecule has 0 aliphatic carbocycles. The molecule has 0 bridgehead atoms. The van der Waals surface area contributed by atoms with Gasteiger partial charge in [0.1, 0.15) is 23.9 Å². The van der Waals surface area contributed by atoms with Crippen molar-refractivity contribution in [2.24, 2.45) is 34.0 Å². The predicted octanol–water partition coefficient (Wildman–Crippen LogP) is 1.82. The summed E-state index contributed by atoms with van der Waals surface area (Å²) in [6.45, 7) is 2.10. The molecule has 2 aromatic heterocycles. The fourth-order valence-electron chi connectivity index (χ4n) is 8.54. The zero-order chi connectivity index (χ0) is 50.4. The van der Waals surface area contributed by atoms with Crippen LogP contribution in [0.5, 0.6) is 0 Å². The van der Waals surface area contributed by atoms with E-state index >= 15 is 0 Å². The van der Waals surface area contributed by atoms with Crippen LogP contribution in [0.15, 0.2) is 78.3 Å². The van der Waals surface area contributed by atoms with Gasteiger partial charge in [0.15, 0.2) is 11.7 Å². The Morgan fingerprint density at radius 1 is 0.829 bits per heavy atom. The van der Waals surface area contributed by atoms with Crippen LogP contribution in [0, 0.1) is 11.8 Å². The molecule has 1 aliphatic rings. The largest absolute Gasteiger partial charge is 0.370 e. The van der Waals surface area contributed by atoms with E-state index in [9.17, 15) is 38.4 Å². The third kappa shape index (κ3) is 17.3. The number of aromatic amines is 2. The van der Waals surface area contributed by atoms with E-state index < -0.39 is 83.0 Å². The van der Waals surface area contributed by atoms with Crippen molar-refractivity contribution >= 4 is 63.9 Å². The van der Waals surface area contributed by atoms with E-state index in [0.717, 1.165) is 35.7 Å². The minimum absolute atomic E-state index is 0.0332.